The molecule has 2 aromatic carbocycles. The van der Waals surface area contributed by atoms with E-state index >= 15 is 0 Å². The molecule has 0 aliphatic carbocycles. The molecule has 0 bridgehead atoms. The Kier molecular flexibility index (Phi) is 2.90. The summed E-state index contributed by atoms with van der Waals surface area (Å²) >= 11 is 0. The molecule has 1 aliphatic heterocycles. The molecule has 3 rings (SSSR count). The van der Waals surface area contributed by atoms with Crippen molar-refractivity contribution in [3.8, 4) is 0 Å². The SMILES string of the molecule is Cc1ccc(Nc2ccc3c(c2)C(=O)N(C)C3=O)cc1N. The van der Waals surface area contributed by atoms with Crippen molar-refractivity contribution in [1.29, 1.82) is 0 Å². The topological polar surface area (TPSA) is 75.4 Å². The van der Waals surface area contributed by atoms with Gasteiger partial charge in [0.05, 0.1) is 11.1 Å². The molecule has 0 atom stereocenters. The average Bonchev–Trinajstić information content (AvgIpc) is 2.68. The Hall–Kier alpha value is -2.82. The largest absolute Gasteiger partial charge is 0.398 e. The highest BCUT2D eigenvalue weighted by Crippen LogP contribution is 2.27. The average molecular weight is 281 g/mol. The highest BCUT2D eigenvalue weighted by atomic mass is 16.2. The van der Waals surface area contributed by atoms with E-state index in [0.29, 0.717) is 16.8 Å². The number of carbonyl (C=O) groups excluding carboxylic acids is 2. The molecule has 21 heavy (non-hydrogen) atoms. The Morgan fingerprint density at radius 2 is 1.57 bits per heavy atom. The first-order chi connectivity index (χ1) is 9.97. The number of nitrogens with zero attached hydrogens (tertiary/aromatic N) is 1. The second kappa shape index (κ2) is 4.63. The third-order valence-corrected chi connectivity index (χ3v) is 3.66. The number of amides is 2. The maximum Gasteiger partial charge on any atom is 0.261 e. The number of benzene rings is 2. The lowest BCUT2D eigenvalue weighted by molar-refractivity contribution is 0.0693. The molecule has 5 nitrogen and oxygen atoms in total. The minimum atomic E-state index is -0.276. The number of fused-ring (bicyclic) bond motifs is 1. The Labute approximate surface area is 122 Å². The highest BCUT2D eigenvalue weighted by Gasteiger charge is 2.32. The minimum absolute atomic E-state index is 0.263. The highest BCUT2D eigenvalue weighted by molar-refractivity contribution is 6.21. The second-order valence-electron chi connectivity index (χ2n) is 5.13. The van der Waals surface area contributed by atoms with Crippen LogP contribution >= 0.6 is 0 Å². The van der Waals surface area contributed by atoms with Gasteiger partial charge in [0.2, 0.25) is 0 Å². The summed E-state index contributed by atoms with van der Waals surface area (Å²) in [5.41, 5.74) is 10.0. The molecule has 0 fully saturated rings. The third kappa shape index (κ3) is 2.12. The zero-order chi connectivity index (χ0) is 15.1. The summed E-state index contributed by atoms with van der Waals surface area (Å²) in [6, 6.07) is 10.8. The standard InChI is InChI=1S/C16H15N3O2/c1-9-3-4-11(8-14(9)17)18-10-5-6-12-13(7-10)16(21)19(2)15(12)20/h3-8,18H,17H2,1-2H3. The van der Waals surface area contributed by atoms with Gasteiger partial charge in [0, 0.05) is 24.1 Å². The predicted octanol–water partition coefficient (Wildman–Crippen LogP) is 2.55. The predicted molar refractivity (Wildman–Crippen MR) is 81.7 cm³/mol. The van der Waals surface area contributed by atoms with Gasteiger partial charge in [-0.1, -0.05) is 6.07 Å². The zero-order valence-corrected chi connectivity index (χ0v) is 11.8. The fourth-order valence-electron chi connectivity index (χ4n) is 2.32. The van der Waals surface area contributed by atoms with Crippen LogP contribution < -0.4 is 11.1 Å². The van der Waals surface area contributed by atoms with Crippen LogP contribution in [-0.2, 0) is 0 Å². The monoisotopic (exact) mass is 281 g/mol. The number of hydrogen-bond donors (Lipinski definition) is 2. The van der Waals surface area contributed by atoms with Crippen LogP contribution in [0.5, 0.6) is 0 Å². The van der Waals surface area contributed by atoms with Crippen LogP contribution in [0.3, 0.4) is 0 Å². The van der Waals surface area contributed by atoms with E-state index in [9.17, 15) is 9.59 Å². The van der Waals surface area contributed by atoms with Crippen LogP contribution in [0.15, 0.2) is 36.4 Å². The Morgan fingerprint density at radius 3 is 2.29 bits per heavy atom. The maximum atomic E-state index is 12.0. The number of aryl methyl sites for hydroxylation is 1. The summed E-state index contributed by atoms with van der Waals surface area (Å²) in [5, 5.41) is 3.19. The molecule has 0 radical (unpaired) electrons. The number of rotatable bonds is 2. The van der Waals surface area contributed by atoms with Crippen LogP contribution in [0, 0.1) is 6.92 Å². The van der Waals surface area contributed by atoms with Crippen molar-refractivity contribution in [1.82, 2.24) is 4.90 Å². The lowest BCUT2D eigenvalue weighted by Crippen LogP contribution is -2.24. The summed E-state index contributed by atoms with van der Waals surface area (Å²) in [6.07, 6.45) is 0. The molecule has 0 aromatic heterocycles. The minimum Gasteiger partial charge on any atom is -0.398 e. The van der Waals surface area contributed by atoms with Gasteiger partial charge in [-0.2, -0.15) is 0 Å². The summed E-state index contributed by atoms with van der Waals surface area (Å²) in [7, 11) is 1.48. The van der Waals surface area contributed by atoms with Crippen LogP contribution in [-0.4, -0.2) is 23.8 Å². The molecule has 0 saturated heterocycles. The van der Waals surface area contributed by atoms with Crippen molar-refractivity contribution < 1.29 is 9.59 Å². The van der Waals surface area contributed by atoms with Gasteiger partial charge in [0.25, 0.3) is 11.8 Å². The number of carbonyl (C=O) groups is 2. The molecule has 0 saturated carbocycles. The van der Waals surface area contributed by atoms with Gasteiger partial charge in [-0.05, 0) is 42.8 Å². The smallest absolute Gasteiger partial charge is 0.261 e. The fourth-order valence-corrected chi connectivity index (χ4v) is 2.32. The third-order valence-electron chi connectivity index (χ3n) is 3.66. The van der Waals surface area contributed by atoms with E-state index in [1.165, 1.54) is 7.05 Å². The van der Waals surface area contributed by atoms with Crippen molar-refractivity contribution in [2.75, 3.05) is 18.1 Å². The molecule has 5 heteroatoms. The Morgan fingerprint density at radius 1 is 0.952 bits per heavy atom. The quantitative estimate of drug-likeness (QED) is 0.655. The van der Waals surface area contributed by atoms with Crippen molar-refractivity contribution in [3.05, 3.63) is 53.1 Å². The normalized spacial score (nSPS) is 13.5. The molecule has 3 N–H and O–H groups in total. The molecule has 1 heterocycles. The molecule has 0 spiro atoms. The van der Waals surface area contributed by atoms with Gasteiger partial charge in [0.1, 0.15) is 0 Å². The number of anilines is 3. The summed E-state index contributed by atoms with van der Waals surface area (Å²) in [6.45, 7) is 1.94. The van der Waals surface area contributed by atoms with Crippen molar-refractivity contribution in [2.24, 2.45) is 0 Å². The van der Waals surface area contributed by atoms with Crippen molar-refractivity contribution in [3.63, 3.8) is 0 Å². The van der Waals surface area contributed by atoms with E-state index in [1.54, 1.807) is 18.2 Å². The zero-order valence-electron chi connectivity index (χ0n) is 11.8. The van der Waals surface area contributed by atoms with Crippen molar-refractivity contribution in [2.45, 2.75) is 6.92 Å². The van der Waals surface area contributed by atoms with Crippen LogP contribution in [0.4, 0.5) is 17.1 Å². The molecule has 106 valence electrons. The van der Waals surface area contributed by atoms with E-state index < -0.39 is 0 Å². The van der Waals surface area contributed by atoms with E-state index in [-0.39, 0.29) is 11.8 Å². The van der Waals surface area contributed by atoms with Crippen LogP contribution in [0.2, 0.25) is 0 Å². The first-order valence-electron chi connectivity index (χ1n) is 6.57. The molecule has 2 amide bonds. The number of nitrogens with one attached hydrogen (secondary N) is 1. The Balaban J connectivity index is 1.93. The summed E-state index contributed by atoms with van der Waals surface area (Å²) in [4.78, 5) is 24.9. The van der Waals surface area contributed by atoms with Gasteiger partial charge in [0.15, 0.2) is 0 Å². The summed E-state index contributed by atoms with van der Waals surface area (Å²) < 4.78 is 0. The van der Waals surface area contributed by atoms with E-state index in [4.69, 9.17) is 5.73 Å². The first-order valence-corrected chi connectivity index (χ1v) is 6.57. The van der Waals surface area contributed by atoms with Gasteiger partial charge >= 0.3 is 0 Å². The molecule has 1 aliphatic rings. The van der Waals surface area contributed by atoms with Gasteiger partial charge in [-0.15, -0.1) is 0 Å². The maximum absolute atomic E-state index is 12.0. The van der Waals surface area contributed by atoms with Crippen LogP contribution in [0.25, 0.3) is 0 Å². The lowest BCUT2D eigenvalue weighted by Gasteiger charge is -2.09. The molecular formula is C16H15N3O2. The van der Waals surface area contributed by atoms with E-state index in [1.807, 2.05) is 25.1 Å². The number of hydrogen-bond acceptors (Lipinski definition) is 4. The fraction of sp³-hybridized carbons (Fsp3) is 0.125. The van der Waals surface area contributed by atoms with Crippen molar-refractivity contribution >= 4 is 28.9 Å². The number of nitrogen functional groups attached to an aromatic ring is 1. The van der Waals surface area contributed by atoms with Gasteiger partial charge in [-0.25, -0.2) is 0 Å². The lowest BCUT2D eigenvalue weighted by atomic mass is 10.1. The molecule has 2 aromatic rings. The summed E-state index contributed by atoms with van der Waals surface area (Å²) in [5.74, 6) is -0.539. The first kappa shape index (κ1) is 13.2. The van der Waals surface area contributed by atoms with Crippen LogP contribution in [0.1, 0.15) is 26.3 Å². The number of imide groups is 1. The van der Waals surface area contributed by atoms with E-state index in [0.717, 1.165) is 21.8 Å². The molecular weight excluding hydrogens is 266 g/mol. The molecule has 0 unspecified atom stereocenters. The van der Waals surface area contributed by atoms with Gasteiger partial charge in [-0.3, -0.25) is 14.5 Å². The van der Waals surface area contributed by atoms with Gasteiger partial charge < -0.3 is 11.1 Å². The Bertz CT molecular complexity index is 768. The number of nitrogens with two attached hydrogens (primary N) is 1. The second-order valence-corrected chi connectivity index (χ2v) is 5.13. The van der Waals surface area contributed by atoms with E-state index in [2.05, 4.69) is 5.32 Å².